The molecule has 1 aliphatic heterocycles. The van der Waals surface area contributed by atoms with Gasteiger partial charge < -0.3 is 15.7 Å². The predicted octanol–water partition coefficient (Wildman–Crippen LogP) is 2.55. The van der Waals surface area contributed by atoms with Crippen molar-refractivity contribution in [1.82, 2.24) is 10.6 Å². The summed E-state index contributed by atoms with van der Waals surface area (Å²) in [7, 11) is 0. The predicted molar refractivity (Wildman–Crippen MR) is 92.3 cm³/mol. The molecule has 3 fully saturated rings. The lowest BCUT2D eigenvalue weighted by atomic mass is 9.76. The van der Waals surface area contributed by atoms with Crippen molar-refractivity contribution in [2.75, 3.05) is 0 Å². The summed E-state index contributed by atoms with van der Waals surface area (Å²) in [5, 5.41) is 16.8. The molecule has 0 aromatic heterocycles. The second-order valence-electron chi connectivity index (χ2n) is 8.94. The number of carbonyl (C=O) groups excluding carboxylic acids is 1. The third-order valence-electron chi connectivity index (χ3n) is 6.67. The minimum absolute atomic E-state index is 0.0139. The Morgan fingerprint density at radius 3 is 2.62 bits per heavy atom. The van der Waals surface area contributed by atoms with Gasteiger partial charge in [0.05, 0.1) is 11.6 Å². The summed E-state index contributed by atoms with van der Waals surface area (Å²) in [6, 6.07) is 0.00647. The van der Waals surface area contributed by atoms with E-state index in [1.165, 1.54) is 0 Å². The maximum absolute atomic E-state index is 14.2. The van der Waals surface area contributed by atoms with Crippen LogP contribution in [-0.4, -0.2) is 40.9 Å². The molecule has 0 radical (unpaired) electrons. The van der Waals surface area contributed by atoms with Crippen LogP contribution < -0.4 is 10.6 Å². The normalized spacial score (nSPS) is 43.3. The summed E-state index contributed by atoms with van der Waals surface area (Å²) < 4.78 is 14.2. The zero-order chi connectivity index (χ0) is 17.5. The molecule has 3 N–H and O–H groups in total. The molecule has 3 aliphatic rings. The van der Waals surface area contributed by atoms with Crippen LogP contribution in [0, 0.1) is 17.8 Å². The quantitative estimate of drug-likeness (QED) is 0.740. The largest absolute Gasteiger partial charge is 0.390 e. The number of carbonyl (C=O) groups is 1. The molecular formula is C19H33FN2O2. The summed E-state index contributed by atoms with van der Waals surface area (Å²) in [6.07, 6.45) is 5.23. The molecule has 5 heteroatoms. The van der Waals surface area contributed by atoms with Gasteiger partial charge in [-0.3, -0.25) is 4.79 Å². The van der Waals surface area contributed by atoms with Crippen molar-refractivity contribution in [3.05, 3.63) is 0 Å². The zero-order valence-electron chi connectivity index (χ0n) is 15.2. The fourth-order valence-corrected chi connectivity index (χ4v) is 5.06. The number of hydrogen-bond donors (Lipinski definition) is 3. The molecule has 24 heavy (non-hydrogen) atoms. The molecule has 1 saturated heterocycles. The summed E-state index contributed by atoms with van der Waals surface area (Å²) >= 11 is 0. The molecule has 138 valence electrons. The Balaban J connectivity index is 1.56. The SMILES string of the molecule is CC1CCC(F)C2CC(C(=O)NC3CCCC(C(C)(C)O)C3)NC12. The number of amides is 1. The van der Waals surface area contributed by atoms with Crippen molar-refractivity contribution in [2.24, 2.45) is 17.8 Å². The molecule has 0 bridgehead atoms. The fourth-order valence-electron chi connectivity index (χ4n) is 5.06. The lowest BCUT2D eigenvalue weighted by Crippen LogP contribution is -2.50. The standard InChI is InChI=1S/C19H33FN2O2/c1-11-7-8-15(20)14-10-16(22-17(11)14)18(23)21-13-6-4-5-12(9-13)19(2,3)24/h11-17,22,24H,4-10H2,1-3H3,(H,21,23). The van der Waals surface area contributed by atoms with E-state index in [1.807, 2.05) is 13.8 Å². The smallest absolute Gasteiger partial charge is 0.237 e. The van der Waals surface area contributed by atoms with Gasteiger partial charge in [-0.15, -0.1) is 0 Å². The summed E-state index contributed by atoms with van der Waals surface area (Å²) in [5.41, 5.74) is -0.694. The molecule has 1 heterocycles. The van der Waals surface area contributed by atoms with Crippen molar-refractivity contribution in [1.29, 1.82) is 0 Å². The van der Waals surface area contributed by atoms with Gasteiger partial charge >= 0.3 is 0 Å². The van der Waals surface area contributed by atoms with Crippen LogP contribution in [0.5, 0.6) is 0 Å². The average molecular weight is 340 g/mol. The first kappa shape index (κ1) is 18.1. The Bertz CT molecular complexity index is 447. The van der Waals surface area contributed by atoms with Gasteiger partial charge in [-0.2, -0.15) is 0 Å². The highest BCUT2D eigenvalue weighted by atomic mass is 19.1. The van der Waals surface area contributed by atoms with E-state index in [-0.39, 0.29) is 35.9 Å². The monoisotopic (exact) mass is 340 g/mol. The highest BCUT2D eigenvalue weighted by Crippen LogP contribution is 2.39. The van der Waals surface area contributed by atoms with Crippen LogP contribution in [0.4, 0.5) is 4.39 Å². The van der Waals surface area contributed by atoms with Gasteiger partial charge in [0.2, 0.25) is 5.91 Å². The minimum atomic E-state index is -0.772. The molecule has 1 amide bonds. The molecule has 2 aliphatic carbocycles. The topological polar surface area (TPSA) is 61.4 Å². The first-order valence-corrected chi connectivity index (χ1v) is 9.68. The third-order valence-corrected chi connectivity index (χ3v) is 6.67. The molecule has 3 rings (SSSR count). The van der Waals surface area contributed by atoms with E-state index in [1.54, 1.807) is 0 Å². The van der Waals surface area contributed by atoms with Gasteiger partial charge in [0.1, 0.15) is 6.17 Å². The maximum Gasteiger partial charge on any atom is 0.237 e. The van der Waals surface area contributed by atoms with Gasteiger partial charge in [0.25, 0.3) is 0 Å². The van der Waals surface area contributed by atoms with Crippen LogP contribution in [0.15, 0.2) is 0 Å². The number of alkyl halides is 1. The summed E-state index contributed by atoms with van der Waals surface area (Å²) in [6.45, 7) is 5.87. The van der Waals surface area contributed by atoms with Gasteiger partial charge in [-0.1, -0.05) is 13.3 Å². The average Bonchev–Trinajstić information content (AvgIpc) is 2.97. The minimum Gasteiger partial charge on any atom is -0.390 e. The molecule has 7 atom stereocenters. The Hall–Kier alpha value is -0.680. The molecule has 7 unspecified atom stereocenters. The van der Waals surface area contributed by atoms with E-state index >= 15 is 0 Å². The lowest BCUT2D eigenvalue weighted by Gasteiger charge is -2.37. The van der Waals surface area contributed by atoms with Gasteiger partial charge in [0.15, 0.2) is 0 Å². The molecule has 0 spiro atoms. The number of nitrogens with one attached hydrogen (secondary N) is 2. The first-order chi connectivity index (χ1) is 11.3. The highest BCUT2D eigenvalue weighted by molar-refractivity contribution is 5.82. The molecule has 2 saturated carbocycles. The Kier molecular flexibility index (Phi) is 5.22. The number of hydrogen-bond acceptors (Lipinski definition) is 3. The van der Waals surface area contributed by atoms with E-state index < -0.39 is 11.8 Å². The van der Waals surface area contributed by atoms with Gasteiger partial charge in [-0.25, -0.2) is 4.39 Å². The molecule has 0 aromatic carbocycles. The van der Waals surface area contributed by atoms with E-state index in [0.29, 0.717) is 18.8 Å². The molecular weight excluding hydrogens is 307 g/mol. The van der Waals surface area contributed by atoms with E-state index in [2.05, 4.69) is 17.6 Å². The van der Waals surface area contributed by atoms with Gasteiger partial charge in [0, 0.05) is 18.0 Å². The van der Waals surface area contributed by atoms with Crippen LogP contribution in [0.1, 0.15) is 65.7 Å². The zero-order valence-corrected chi connectivity index (χ0v) is 15.2. The van der Waals surface area contributed by atoms with Crippen molar-refractivity contribution < 1.29 is 14.3 Å². The van der Waals surface area contributed by atoms with Crippen molar-refractivity contribution >= 4 is 5.91 Å². The van der Waals surface area contributed by atoms with Crippen LogP contribution in [0.2, 0.25) is 0 Å². The number of aliphatic hydroxyl groups is 1. The fraction of sp³-hybridized carbons (Fsp3) is 0.947. The first-order valence-electron chi connectivity index (χ1n) is 9.68. The van der Waals surface area contributed by atoms with E-state index in [0.717, 1.165) is 32.1 Å². The van der Waals surface area contributed by atoms with Gasteiger partial charge in [-0.05, 0) is 64.2 Å². The number of rotatable bonds is 3. The Labute approximate surface area is 145 Å². The number of fused-ring (bicyclic) bond motifs is 1. The second-order valence-corrected chi connectivity index (χ2v) is 8.94. The Morgan fingerprint density at radius 2 is 1.96 bits per heavy atom. The van der Waals surface area contributed by atoms with E-state index in [4.69, 9.17) is 0 Å². The van der Waals surface area contributed by atoms with Crippen LogP contribution in [0.25, 0.3) is 0 Å². The maximum atomic E-state index is 14.2. The number of halogens is 1. The highest BCUT2D eigenvalue weighted by Gasteiger charge is 2.46. The van der Waals surface area contributed by atoms with Crippen LogP contribution >= 0.6 is 0 Å². The third kappa shape index (κ3) is 3.77. The molecule has 4 nitrogen and oxygen atoms in total. The van der Waals surface area contributed by atoms with Crippen molar-refractivity contribution in [3.63, 3.8) is 0 Å². The summed E-state index contributed by atoms with van der Waals surface area (Å²) in [5.74, 6) is 0.671. The lowest BCUT2D eigenvalue weighted by molar-refractivity contribution is -0.124. The van der Waals surface area contributed by atoms with Crippen LogP contribution in [0.3, 0.4) is 0 Å². The van der Waals surface area contributed by atoms with E-state index in [9.17, 15) is 14.3 Å². The Morgan fingerprint density at radius 1 is 1.21 bits per heavy atom. The van der Waals surface area contributed by atoms with Crippen molar-refractivity contribution in [3.8, 4) is 0 Å². The molecule has 0 aromatic rings. The second kappa shape index (κ2) is 6.91. The summed E-state index contributed by atoms with van der Waals surface area (Å²) in [4.78, 5) is 12.7. The van der Waals surface area contributed by atoms with Crippen LogP contribution in [-0.2, 0) is 4.79 Å². The van der Waals surface area contributed by atoms with Crippen molar-refractivity contribution in [2.45, 2.75) is 95.6 Å².